The normalized spacial score (nSPS) is 25.9. The summed E-state index contributed by atoms with van der Waals surface area (Å²) in [5, 5.41) is 0. The second-order valence-electron chi connectivity index (χ2n) is 5.76. The van der Waals surface area contributed by atoms with Crippen LogP contribution in [-0.4, -0.2) is 18.8 Å². The van der Waals surface area contributed by atoms with Crippen LogP contribution >= 0.6 is 0 Å². The lowest BCUT2D eigenvalue weighted by Crippen LogP contribution is -2.53. The van der Waals surface area contributed by atoms with Crippen LogP contribution in [0.5, 0.6) is 0 Å². The van der Waals surface area contributed by atoms with Crippen LogP contribution in [0.1, 0.15) is 46.5 Å². The molecule has 15 heavy (non-hydrogen) atoms. The van der Waals surface area contributed by atoms with E-state index in [1.54, 1.807) is 7.11 Å². The van der Waals surface area contributed by atoms with Crippen LogP contribution in [0.2, 0.25) is 0 Å². The summed E-state index contributed by atoms with van der Waals surface area (Å²) in [5.41, 5.74) is 7.50. The maximum Gasteiger partial charge on any atom is 0.0867 e. The molecule has 0 aromatic carbocycles. The Morgan fingerprint density at radius 2 is 1.73 bits per heavy atom. The number of ether oxygens (including phenoxy) is 1. The van der Waals surface area contributed by atoms with E-state index in [0.717, 1.165) is 18.4 Å². The molecule has 1 aliphatic rings. The van der Waals surface area contributed by atoms with Gasteiger partial charge in [0.1, 0.15) is 0 Å². The zero-order valence-corrected chi connectivity index (χ0v) is 10.6. The molecule has 0 saturated heterocycles. The highest BCUT2D eigenvalue weighted by molar-refractivity contribution is 5.12. The van der Waals surface area contributed by atoms with Gasteiger partial charge in [-0.1, -0.05) is 26.0 Å². The zero-order chi connectivity index (χ0) is 11.7. The smallest absolute Gasteiger partial charge is 0.0867 e. The predicted octanol–water partition coefficient (Wildman–Crippen LogP) is 2.88. The molecule has 1 fully saturated rings. The Hall–Kier alpha value is -0.340. The van der Waals surface area contributed by atoms with Crippen LogP contribution < -0.4 is 5.73 Å². The van der Waals surface area contributed by atoms with E-state index in [1.165, 1.54) is 12.8 Å². The molecule has 1 unspecified atom stereocenters. The lowest BCUT2D eigenvalue weighted by atomic mass is 9.67. The molecule has 0 heterocycles. The van der Waals surface area contributed by atoms with Crippen LogP contribution in [0.15, 0.2) is 12.2 Å². The van der Waals surface area contributed by atoms with Crippen molar-refractivity contribution >= 4 is 0 Å². The minimum absolute atomic E-state index is 0.0291. The van der Waals surface area contributed by atoms with Gasteiger partial charge in [0.15, 0.2) is 0 Å². The Morgan fingerprint density at radius 1 is 1.27 bits per heavy atom. The molecule has 1 atom stereocenters. The van der Waals surface area contributed by atoms with E-state index in [0.29, 0.717) is 5.41 Å². The van der Waals surface area contributed by atoms with Gasteiger partial charge in [-0.25, -0.2) is 0 Å². The second-order valence-corrected chi connectivity index (χ2v) is 5.76. The highest BCUT2D eigenvalue weighted by atomic mass is 16.5. The van der Waals surface area contributed by atoms with E-state index in [-0.39, 0.29) is 11.6 Å². The fourth-order valence-corrected chi connectivity index (χ4v) is 2.44. The molecule has 2 heteroatoms. The van der Waals surface area contributed by atoms with Crippen LogP contribution in [0.3, 0.4) is 0 Å². The molecule has 88 valence electrons. The van der Waals surface area contributed by atoms with Crippen molar-refractivity contribution in [2.75, 3.05) is 7.11 Å². The third kappa shape index (κ3) is 2.61. The first kappa shape index (κ1) is 12.7. The van der Waals surface area contributed by atoms with Crippen molar-refractivity contribution in [3.63, 3.8) is 0 Å². The second kappa shape index (κ2) is 4.26. The highest BCUT2D eigenvalue weighted by Gasteiger charge is 2.42. The van der Waals surface area contributed by atoms with Gasteiger partial charge < -0.3 is 10.5 Å². The van der Waals surface area contributed by atoms with Gasteiger partial charge in [-0.2, -0.15) is 0 Å². The summed E-state index contributed by atoms with van der Waals surface area (Å²) in [6, 6.07) is -0.0291. The van der Waals surface area contributed by atoms with E-state index in [2.05, 4.69) is 20.4 Å². The third-order valence-corrected chi connectivity index (χ3v) is 3.95. The number of rotatable bonds is 3. The molecule has 0 amide bonds. The van der Waals surface area contributed by atoms with Gasteiger partial charge in [0.05, 0.1) is 11.6 Å². The maximum atomic E-state index is 6.20. The first-order chi connectivity index (χ1) is 6.83. The average molecular weight is 211 g/mol. The summed E-state index contributed by atoms with van der Waals surface area (Å²) < 4.78 is 5.71. The minimum atomic E-state index is -0.165. The van der Waals surface area contributed by atoms with Gasteiger partial charge >= 0.3 is 0 Å². The van der Waals surface area contributed by atoms with Gasteiger partial charge in [0.2, 0.25) is 0 Å². The molecular weight excluding hydrogens is 186 g/mol. The van der Waals surface area contributed by atoms with Crippen LogP contribution in [0, 0.1) is 5.41 Å². The monoisotopic (exact) mass is 211 g/mol. The van der Waals surface area contributed by atoms with Crippen molar-refractivity contribution in [3.8, 4) is 0 Å². The van der Waals surface area contributed by atoms with Crippen LogP contribution in [0.25, 0.3) is 0 Å². The Balaban J connectivity index is 2.76. The van der Waals surface area contributed by atoms with Crippen LogP contribution in [-0.2, 0) is 4.74 Å². The Labute approximate surface area is 93.9 Å². The topological polar surface area (TPSA) is 35.2 Å². The average Bonchev–Trinajstić information content (AvgIpc) is 2.18. The van der Waals surface area contributed by atoms with Crippen molar-refractivity contribution in [2.24, 2.45) is 11.1 Å². The van der Waals surface area contributed by atoms with E-state index < -0.39 is 0 Å². The number of methoxy groups -OCH3 is 1. The molecule has 2 N–H and O–H groups in total. The quantitative estimate of drug-likeness (QED) is 0.729. The molecule has 1 aliphatic carbocycles. The lowest BCUT2D eigenvalue weighted by Gasteiger charge is -2.46. The molecule has 1 rings (SSSR count). The molecule has 0 aromatic rings. The molecule has 2 nitrogen and oxygen atoms in total. The Bertz CT molecular complexity index is 235. The SMILES string of the molecule is C=C(C)C(N)C1(OC)CCC(C)(C)CC1. The molecule has 0 radical (unpaired) electrons. The van der Waals surface area contributed by atoms with Crippen LogP contribution in [0.4, 0.5) is 0 Å². The van der Waals surface area contributed by atoms with Gasteiger partial charge in [0, 0.05) is 7.11 Å². The largest absolute Gasteiger partial charge is 0.376 e. The first-order valence-electron chi connectivity index (χ1n) is 5.79. The minimum Gasteiger partial charge on any atom is -0.376 e. The fraction of sp³-hybridized carbons (Fsp3) is 0.846. The van der Waals surface area contributed by atoms with Gasteiger partial charge in [-0.05, 0) is 38.0 Å². The van der Waals surface area contributed by atoms with Gasteiger partial charge in [-0.3, -0.25) is 0 Å². The molecule has 1 saturated carbocycles. The zero-order valence-electron chi connectivity index (χ0n) is 10.6. The van der Waals surface area contributed by atoms with Crippen molar-refractivity contribution < 1.29 is 4.74 Å². The van der Waals surface area contributed by atoms with E-state index >= 15 is 0 Å². The number of hydrogen-bond acceptors (Lipinski definition) is 2. The summed E-state index contributed by atoms with van der Waals surface area (Å²) in [7, 11) is 1.78. The third-order valence-electron chi connectivity index (χ3n) is 3.95. The summed E-state index contributed by atoms with van der Waals surface area (Å²) in [4.78, 5) is 0. The maximum absolute atomic E-state index is 6.20. The predicted molar refractivity (Wildman–Crippen MR) is 64.8 cm³/mol. The van der Waals surface area contributed by atoms with Crippen molar-refractivity contribution in [1.82, 2.24) is 0 Å². The standard InChI is InChI=1S/C13H25NO/c1-10(2)11(14)13(15-5)8-6-12(3,4)7-9-13/h11H,1,6-9,14H2,2-5H3. The summed E-state index contributed by atoms with van der Waals surface area (Å²) >= 11 is 0. The van der Waals surface area contributed by atoms with E-state index in [9.17, 15) is 0 Å². The molecular formula is C13H25NO. The lowest BCUT2D eigenvalue weighted by molar-refractivity contribution is -0.0709. The van der Waals surface area contributed by atoms with Gasteiger partial charge in [-0.15, -0.1) is 0 Å². The molecule has 0 aromatic heterocycles. The van der Waals surface area contributed by atoms with E-state index in [4.69, 9.17) is 10.5 Å². The van der Waals surface area contributed by atoms with Crippen molar-refractivity contribution in [2.45, 2.75) is 58.1 Å². The molecule has 0 bridgehead atoms. The highest BCUT2D eigenvalue weighted by Crippen LogP contribution is 2.43. The summed E-state index contributed by atoms with van der Waals surface area (Å²) in [6.45, 7) is 10.6. The summed E-state index contributed by atoms with van der Waals surface area (Å²) in [6.07, 6.45) is 4.46. The number of nitrogens with two attached hydrogens (primary N) is 1. The fourth-order valence-electron chi connectivity index (χ4n) is 2.44. The van der Waals surface area contributed by atoms with Crippen molar-refractivity contribution in [1.29, 1.82) is 0 Å². The van der Waals surface area contributed by atoms with E-state index in [1.807, 2.05) is 6.92 Å². The summed E-state index contributed by atoms with van der Waals surface area (Å²) in [5.74, 6) is 0. The van der Waals surface area contributed by atoms with Crippen molar-refractivity contribution in [3.05, 3.63) is 12.2 Å². The number of hydrogen-bond donors (Lipinski definition) is 1. The van der Waals surface area contributed by atoms with Gasteiger partial charge in [0.25, 0.3) is 0 Å². The molecule has 0 spiro atoms. The Morgan fingerprint density at radius 3 is 2.07 bits per heavy atom. The Kier molecular flexibility index (Phi) is 3.62. The first-order valence-corrected chi connectivity index (χ1v) is 5.79. The molecule has 0 aliphatic heterocycles.